The Bertz CT molecular complexity index is 1750. The predicted molar refractivity (Wildman–Crippen MR) is 192 cm³/mol. The molecule has 0 amide bonds. The van der Waals surface area contributed by atoms with Crippen LogP contribution in [0.15, 0.2) is 97.1 Å². The fourth-order valence-electron chi connectivity index (χ4n) is 5.59. The van der Waals surface area contributed by atoms with Gasteiger partial charge in [0.2, 0.25) is 6.29 Å². The van der Waals surface area contributed by atoms with Crippen LogP contribution in [0.1, 0.15) is 22.3 Å². The summed E-state index contributed by atoms with van der Waals surface area (Å²) in [6, 6.07) is 29.8. The lowest BCUT2D eigenvalue weighted by molar-refractivity contribution is -0.309. The predicted octanol–water partition coefficient (Wildman–Crippen LogP) is 5.69. The van der Waals surface area contributed by atoms with Crippen LogP contribution in [0.5, 0.6) is 23.0 Å². The van der Waals surface area contributed by atoms with Gasteiger partial charge in [0.15, 0.2) is 0 Å². The molecule has 13 heteroatoms. The Morgan fingerprint density at radius 2 is 0.846 bits per heavy atom. The average molecular weight is 739 g/mol. The number of benzene rings is 4. The van der Waals surface area contributed by atoms with Gasteiger partial charge in [0, 0.05) is 0 Å². The number of rotatable bonds is 19. The van der Waals surface area contributed by atoms with Crippen molar-refractivity contribution >= 4 is 10.1 Å². The third-order valence-corrected chi connectivity index (χ3v) is 8.91. The van der Waals surface area contributed by atoms with Crippen molar-refractivity contribution in [2.24, 2.45) is 0 Å². The fourth-order valence-corrected chi connectivity index (χ4v) is 6.09. The van der Waals surface area contributed by atoms with Crippen molar-refractivity contribution in [1.29, 1.82) is 0 Å². The molecule has 5 atom stereocenters. The third-order valence-electron chi connectivity index (χ3n) is 8.38. The van der Waals surface area contributed by atoms with Crippen LogP contribution in [-0.4, -0.2) is 80.4 Å². The lowest BCUT2D eigenvalue weighted by Crippen LogP contribution is -2.62. The van der Waals surface area contributed by atoms with Gasteiger partial charge in [-0.15, -0.1) is 0 Å². The topological polar surface area (TPSA) is 126 Å². The zero-order valence-electron chi connectivity index (χ0n) is 30.0. The summed E-state index contributed by atoms with van der Waals surface area (Å²) >= 11 is 0. The van der Waals surface area contributed by atoms with Crippen LogP contribution < -0.4 is 18.9 Å². The summed E-state index contributed by atoms with van der Waals surface area (Å²) in [5.41, 5.74) is 3.44. The summed E-state index contributed by atoms with van der Waals surface area (Å²) in [4.78, 5) is 0. The second-order valence-electron chi connectivity index (χ2n) is 12.1. The first-order valence-corrected chi connectivity index (χ1v) is 18.5. The van der Waals surface area contributed by atoms with Gasteiger partial charge >= 0.3 is 0 Å². The van der Waals surface area contributed by atoms with Crippen molar-refractivity contribution in [3.63, 3.8) is 0 Å². The molecular formula is C39H46O12S. The van der Waals surface area contributed by atoms with Crippen LogP contribution >= 0.6 is 0 Å². The van der Waals surface area contributed by atoms with E-state index in [1.165, 1.54) is 0 Å². The molecule has 12 nitrogen and oxygen atoms in total. The highest BCUT2D eigenvalue weighted by Gasteiger charge is 2.50. The largest absolute Gasteiger partial charge is 0.497 e. The molecule has 0 bridgehead atoms. The van der Waals surface area contributed by atoms with E-state index in [9.17, 15) is 8.42 Å². The molecule has 1 aliphatic rings. The lowest BCUT2D eigenvalue weighted by Gasteiger charge is -2.45. The number of hydrogen-bond acceptors (Lipinski definition) is 12. The van der Waals surface area contributed by atoms with Crippen LogP contribution in [-0.2, 0) is 64.4 Å². The zero-order chi connectivity index (χ0) is 36.9. The monoisotopic (exact) mass is 738 g/mol. The maximum atomic E-state index is 12.6. The first kappa shape index (κ1) is 39.0. The molecule has 0 radical (unpaired) electrons. The maximum absolute atomic E-state index is 12.6. The molecule has 1 fully saturated rings. The van der Waals surface area contributed by atoms with Gasteiger partial charge in [-0.05, 0) is 70.8 Å². The van der Waals surface area contributed by atoms with Gasteiger partial charge in [-0.3, -0.25) is 0 Å². The summed E-state index contributed by atoms with van der Waals surface area (Å²) < 4.78 is 84.3. The zero-order valence-corrected chi connectivity index (χ0v) is 30.8. The van der Waals surface area contributed by atoms with Crippen molar-refractivity contribution in [3.05, 3.63) is 119 Å². The van der Waals surface area contributed by atoms with Crippen LogP contribution in [0.3, 0.4) is 0 Å². The Kier molecular flexibility index (Phi) is 14.3. The van der Waals surface area contributed by atoms with E-state index in [0.717, 1.165) is 34.3 Å². The van der Waals surface area contributed by atoms with Gasteiger partial charge in [-0.25, -0.2) is 4.18 Å². The third kappa shape index (κ3) is 11.4. The quantitative estimate of drug-likeness (QED) is 0.110. The molecule has 1 unspecified atom stereocenters. The van der Waals surface area contributed by atoms with Crippen LogP contribution in [0.2, 0.25) is 0 Å². The van der Waals surface area contributed by atoms with E-state index in [0.29, 0.717) is 17.2 Å². The van der Waals surface area contributed by atoms with Crippen LogP contribution in [0, 0.1) is 0 Å². The summed E-state index contributed by atoms with van der Waals surface area (Å²) in [5.74, 6) is 2.83. The van der Waals surface area contributed by atoms with E-state index in [4.69, 9.17) is 46.8 Å². The standard InChI is InChI=1S/C39H46O12S/c1-42-31-14-6-27(7-15-31)22-46-26-35-36(47-23-28-8-16-32(43-2)17-9-28)37(48-24-29-10-18-33(44-3)19-11-29)38(39(50-35)51-52(5,40)41)49-25-30-12-20-34(45-4)21-13-30/h6-21,35-39H,22-26H2,1-5H3/t35-,36-,37+,38-,39?/m1/s1. The van der Waals surface area contributed by atoms with E-state index >= 15 is 0 Å². The summed E-state index contributed by atoms with van der Waals surface area (Å²) in [7, 11) is 2.38. The minimum Gasteiger partial charge on any atom is -0.497 e. The highest BCUT2D eigenvalue weighted by Crippen LogP contribution is 2.33. The molecule has 1 heterocycles. The highest BCUT2D eigenvalue weighted by atomic mass is 32.2. The molecule has 0 N–H and O–H groups in total. The van der Waals surface area contributed by atoms with Crippen molar-refractivity contribution in [1.82, 2.24) is 0 Å². The Morgan fingerprint density at radius 3 is 1.21 bits per heavy atom. The molecule has 0 spiro atoms. The molecule has 0 saturated carbocycles. The molecule has 0 aliphatic carbocycles. The van der Waals surface area contributed by atoms with Crippen molar-refractivity contribution in [3.8, 4) is 23.0 Å². The summed E-state index contributed by atoms with van der Waals surface area (Å²) in [5, 5.41) is 0. The van der Waals surface area contributed by atoms with Crippen molar-refractivity contribution in [2.75, 3.05) is 41.3 Å². The lowest BCUT2D eigenvalue weighted by atomic mass is 9.98. The maximum Gasteiger partial charge on any atom is 0.266 e. The first-order valence-electron chi connectivity index (χ1n) is 16.7. The van der Waals surface area contributed by atoms with Gasteiger partial charge in [0.25, 0.3) is 10.1 Å². The Balaban J connectivity index is 1.46. The van der Waals surface area contributed by atoms with Gasteiger partial charge in [0.1, 0.15) is 47.4 Å². The Morgan fingerprint density at radius 1 is 0.500 bits per heavy atom. The van der Waals surface area contributed by atoms with Crippen LogP contribution in [0.25, 0.3) is 0 Å². The molecule has 4 aromatic rings. The molecule has 5 rings (SSSR count). The molecule has 1 aliphatic heterocycles. The first-order chi connectivity index (χ1) is 25.2. The number of ether oxygens (including phenoxy) is 9. The molecular weight excluding hydrogens is 692 g/mol. The Labute approximate surface area is 305 Å². The van der Waals surface area contributed by atoms with E-state index < -0.39 is 40.8 Å². The van der Waals surface area contributed by atoms with Gasteiger partial charge in [0.05, 0.1) is 67.7 Å². The SMILES string of the molecule is COc1ccc(COC[C@H]2OC(OS(C)(=O)=O)[C@H](OCc3ccc(OC)cc3)[C@@H](OCc3ccc(OC)cc3)[C@@H]2OCc2ccc(OC)cc2)cc1. The smallest absolute Gasteiger partial charge is 0.266 e. The van der Waals surface area contributed by atoms with E-state index in [1.54, 1.807) is 28.4 Å². The van der Waals surface area contributed by atoms with Gasteiger partial charge < -0.3 is 42.6 Å². The minimum absolute atomic E-state index is 0.0243. The highest BCUT2D eigenvalue weighted by molar-refractivity contribution is 7.86. The normalized spacial score (nSPS) is 20.3. The van der Waals surface area contributed by atoms with Crippen LogP contribution in [0.4, 0.5) is 0 Å². The molecule has 52 heavy (non-hydrogen) atoms. The van der Waals surface area contributed by atoms with Gasteiger partial charge in [-0.1, -0.05) is 48.5 Å². The van der Waals surface area contributed by atoms with Crippen molar-refractivity contribution < 1.29 is 55.2 Å². The van der Waals surface area contributed by atoms with E-state index in [1.807, 2.05) is 97.1 Å². The summed E-state index contributed by atoms with van der Waals surface area (Å²) in [6.07, 6.45) is -3.97. The molecule has 4 aromatic carbocycles. The molecule has 1 saturated heterocycles. The second kappa shape index (κ2) is 19.0. The number of hydrogen-bond donors (Lipinski definition) is 0. The summed E-state index contributed by atoms with van der Waals surface area (Å²) in [6.45, 7) is 0.689. The average Bonchev–Trinajstić information content (AvgIpc) is 3.16. The van der Waals surface area contributed by atoms with Gasteiger partial charge in [-0.2, -0.15) is 8.42 Å². The minimum atomic E-state index is -4.02. The van der Waals surface area contributed by atoms with E-state index in [2.05, 4.69) is 0 Å². The number of methoxy groups -OCH3 is 4. The second-order valence-corrected chi connectivity index (χ2v) is 13.7. The fraction of sp³-hybridized carbons (Fsp3) is 0.385. The molecule has 280 valence electrons. The Hall–Kier alpha value is -4.21. The van der Waals surface area contributed by atoms with E-state index in [-0.39, 0.29) is 33.0 Å². The molecule has 0 aromatic heterocycles. The van der Waals surface area contributed by atoms with Crippen molar-refractivity contribution in [2.45, 2.75) is 57.1 Å².